The van der Waals surface area contributed by atoms with E-state index in [4.69, 9.17) is 5.73 Å². The molecule has 0 aliphatic heterocycles. The van der Waals surface area contributed by atoms with Gasteiger partial charge in [-0.25, -0.2) is 0 Å². The first-order chi connectivity index (χ1) is 5.00. The SMILES string of the molecule is [CH3][Sn]([CH3])([CH3])[c]1ccc(N)cn1. The summed E-state index contributed by atoms with van der Waals surface area (Å²) >= 11 is -1.91. The fourth-order valence-electron chi connectivity index (χ4n) is 0.849. The summed E-state index contributed by atoms with van der Waals surface area (Å²) in [6.45, 7) is 0. The van der Waals surface area contributed by atoms with Crippen LogP contribution in [-0.4, -0.2) is 23.4 Å². The topological polar surface area (TPSA) is 38.9 Å². The van der Waals surface area contributed by atoms with Crippen molar-refractivity contribution < 1.29 is 0 Å². The number of hydrogen-bond acceptors (Lipinski definition) is 2. The second-order valence-electron chi connectivity index (χ2n) is 3.73. The van der Waals surface area contributed by atoms with Gasteiger partial charge in [-0.3, -0.25) is 0 Å². The number of nitrogen functional groups attached to an aromatic ring is 1. The minimum absolute atomic E-state index is 0.754. The summed E-state index contributed by atoms with van der Waals surface area (Å²) < 4.78 is 1.29. The summed E-state index contributed by atoms with van der Waals surface area (Å²) in [7, 11) is 0. The number of nitrogens with two attached hydrogens (primary N) is 1. The average molecular weight is 257 g/mol. The van der Waals surface area contributed by atoms with Gasteiger partial charge in [0.1, 0.15) is 0 Å². The molecule has 1 heterocycles. The van der Waals surface area contributed by atoms with E-state index in [0.717, 1.165) is 5.69 Å². The Morgan fingerprint density at radius 1 is 1.27 bits per heavy atom. The van der Waals surface area contributed by atoms with Gasteiger partial charge in [0, 0.05) is 0 Å². The van der Waals surface area contributed by atoms with Crippen molar-refractivity contribution in [2.45, 2.75) is 14.8 Å². The predicted molar refractivity (Wildman–Crippen MR) is 51.6 cm³/mol. The van der Waals surface area contributed by atoms with Crippen LogP contribution in [0.25, 0.3) is 0 Å². The average Bonchev–Trinajstić information content (AvgIpc) is 1.86. The van der Waals surface area contributed by atoms with Crippen molar-refractivity contribution in [1.82, 2.24) is 4.98 Å². The van der Waals surface area contributed by atoms with Crippen LogP contribution in [-0.2, 0) is 0 Å². The molecule has 1 rings (SSSR count). The van der Waals surface area contributed by atoms with Crippen LogP contribution in [0.3, 0.4) is 0 Å². The third-order valence-electron chi connectivity index (χ3n) is 1.55. The van der Waals surface area contributed by atoms with E-state index in [1.165, 1.54) is 3.71 Å². The van der Waals surface area contributed by atoms with Crippen molar-refractivity contribution >= 4 is 27.8 Å². The van der Waals surface area contributed by atoms with Gasteiger partial charge in [0.2, 0.25) is 0 Å². The standard InChI is InChI=1S/C5H5N2.3CH3.Sn/c6-5-2-1-3-7-4-5;;;;/h1-2,4H,6H2;3*1H3;. The molecule has 2 nitrogen and oxygen atoms in total. The molecule has 0 saturated carbocycles. The zero-order valence-corrected chi connectivity index (χ0v) is 10.1. The van der Waals surface area contributed by atoms with Gasteiger partial charge in [0.25, 0.3) is 0 Å². The summed E-state index contributed by atoms with van der Waals surface area (Å²) in [4.78, 5) is 11.3. The number of nitrogens with zero attached hydrogens (tertiary/aromatic N) is 1. The van der Waals surface area contributed by atoms with Gasteiger partial charge in [-0.2, -0.15) is 0 Å². The molecule has 0 fully saturated rings. The Morgan fingerprint density at radius 2 is 1.91 bits per heavy atom. The maximum atomic E-state index is 5.53. The summed E-state index contributed by atoms with van der Waals surface area (Å²) in [6, 6.07) is 4.00. The fraction of sp³-hybridized carbons (Fsp3) is 0.375. The number of anilines is 1. The predicted octanol–water partition coefficient (Wildman–Crippen LogP) is 1.21. The Bertz CT molecular complexity index is 235. The van der Waals surface area contributed by atoms with Crippen molar-refractivity contribution in [3.8, 4) is 0 Å². The molecule has 0 aliphatic rings. The number of aromatic nitrogens is 1. The van der Waals surface area contributed by atoms with E-state index in [-0.39, 0.29) is 0 Å². The molecule has 0 aromatic carbocycles. The second kappa shape index (κ2) is 3.01. The molecular formula is C8H14N2Sn. The van der Waals surface area contributed by atoms with E-state index in [9.17, 15) is 0 Å². The first kappa shape index (κ1) is 8.84. The van der Waals surface area contributed by atoms with Crippen LogP contribution in [0, 0.1) is 0 Å². The summed E-state index contributed by atoms with van der Waals surface area (Å²) in [5, 5.41) is 0. The van der Waals surface area contributed by atoms with Crippen molar-refractivity contribution in [1.29, 1.82) is 0 Å². The van der Waals surface area contributed by atoms with Gasteiger partial charge in [0.15, 0.2) is 0 Å². The van der Waals surface area contributed by atoms with Gasteiger partial charge >= 0.3 is 71.6 Å². The second-order valence-corrected chi connectivity index (χ2v) is 18.0. The normalized spacial score (nSPS) is 11.5. The van der Waals surface area contributed by atoms with E-state index < -0.39 is 18.4 Å². The molecule has 0 spiro atoms. The first-order valence-electron chi connectivity index (χ1n) is 3.72. The minimum atomic E-state index is -1.91. The van der Waals surface area contributed by atoms with Crippen LogP contribution in [0.1, 0.15) is 0 Å². The molecule has 11 heavy (non-hydrogen) atoms. The van der Waals surface area contributed by atoms with Crippen LogP contribution in [0.4, 0.5) is 5.69 Å². The molecule has 2 N–H and O–H groups in total. The van der Waals surface area contributed by atoms with E-state index in [0.29, 0.717) is 0 Å². The first-order valence-corrected chi connectivity index (χ1v) is 13.7. The third-order valence-corrected chi connectivity index (χ3v) is 6.79. The summed E-state index contributed by atoms with van der Waals surface area (Å²) in [5.74, 6) is 0. The van der Waals surface area contributed by atoms with Crippen LogP contribution in [0.5, 0.6) is 0 Å². The van der Waals surface area contributed by atoms with Crippen LogP contribution in [0.2, 0.25) is 14.8 Å². The monoisotopic (exact) mass is 258 g/mol. The van der Waals surface area contributed by atoms with Gasteiger partial charge in [0.05, 0.1) is 0 Å². The molecule has 0 atom stereocenters. The molecule has 0 aliphatic carbocycles. The maximum absolute atomic E-state index is 5.53. The number of hydrogen-bond donors (Lipinski definition) is 1. The molecule has 1 aromatic rings. The van der Waals surface area contributed by atoms with Gasteiger partial charge in [-0.05, 0) is 0 Å². The van der Waals surface area contributed by atoms with E-state index >= 15 is 0 Å². The molecule has 60 valence electrons. The van der Waals surface area contributed by atoms with E-state index in [2.05, 4.69) is 25.9 Å². The Morgan fingerprint density at radius 3 is 2.27 bits per heavy atom. The van der Waals surface area contributed by atoms with Crippen molar-refractivity contribution in [2.75, 3.05) is 5.73 Å². The van der Waals surface area contributed by atoms with Crippen LogP contribution >= 0.6 is 0 Å². The Labute approximate surface area is 71.7 Å². The van der Waals surface area contributed by atoms with Gasteiger partial charge in [-0.15, -0.1) is 0 Å². The molecule has 0 bridgehead atoms. The van der Waals surface area contributed by atoms with E-state index in [1.807, 2.05) is 6.07 Å². The third kappa shape index (κ3) is 2.36. The van der Waals surface area contributed by atoms with Crippen molar-refractivity contribution in [2.24, 2.45) is 0 Å². The van der Waals surface area contributed by atoms with Gasteiger partial charge < -0.3 is 0 Å². The Kier molecular flexibility index (Phi) is 2.42. The summed E-state index contributed by atoms with van der Waals surface area (Å²) in [5.41, 5.74) is 6.28. The molecule has 0 amide bonds. The fourth-order valence-corrected chi connectivity index (χ4v) is 3.80. The van der Waals surface area contributed by atoms with Crippen molar-refractivity contribution in [3.05, 3.63) is 18.3 Å². The zero-order chi connectivity index (χ0) is 8.48. The number of pyridine rings is 1. The van der Waals surface area contributed by atoms with Gasteiger partial charge in [-0.1, -0.05) is 0 Å². The Balaban J connectivity index is 2.99. The molecular weight excluding hydrogens is 243 g/mol. The molecule has 3 heteroatoms. The van der Waals surface area contributed by atoms with Crippen LogP contribution < -0.4 is 9.44 Å². The molecule has 1 aromatic heterocycles. The number of rotatable bonds is 1. The van der Waals surface area contributed by atoms with E-state index in [1.54, 1.807) is 6.20 Å². The Hall–Kier alpha value is -0.251. The molecule has 0 unspecified atom stereocenters. The quantitative estimate of drug-likeness (QED) is 0.768. The zero-order valence-electron chi connectivity index (χ0n) is 7.26. The van der Waals surface area contributed by atoms with Crippen molar-refractivity contribution in [3.63, 3.8) is 0 Å². The molecule has 0 saturated heterocycles. The summed E-state index contributed by atoms with van der Waals surface area (Å²) in [6.07, 6.45) is 1.75. The molecule has 0 radical (unpaired) electrons. The van der Waals surface area contributed by atoms with Crippen LogP contribution in [0.15, 0.2) is 18.3 Å².